The maximum absolute atomic E-state index is 12.6. The Kier molecular flexibility index (Phi) is 5.81. The highest BCUT2D eigenvalue weighted by Gasteiger charge is 2.44. The molecule has 0 aliphatic heterocycles. The fraction of sp³-hybridized carbons (Fsp3) is 0.333. The maximum atomic E-state index is 12.6. The van der Waals surface area contributed by atoms with Crippen LogP contribution in [-0.4, -0.2) is 18.7 Å². The van der Waals surface area contributed by atoms with Gasteiger partial charge in [-0.1, -0.05) is 75.4 Å². The lowest BCUT2D eigenvalue weighted by atomic mass is 9.86. The van der Waals surface area contributed by atoms with E-state index in [1.54, 1.807) is 6.21 Å². The van der Waals surface area contributed by atoms with E-state index in [1.807, 2.05) is 37.3 Å². The van der Waals surface area contributed by atoms with Gasteiger partial charge < -0.3 is 4.74 Å². The summed E-state index contributed by atoms with van der Waals surface area (Å²) in [6.45, 7) is 9.16. The Morgan fingerprint density at radius 2 is 1.84 bits per heavy atom. The lowest BCUT2D eigenvalue weighted by Crippen LogP contribution is -2.20. The Bertz CT molecular complexity index is 1110. The van der Waals surface area contributed by atoms with Gasteiger partial charge in [-0.2, -0.15) is 5.10 Å². The minimum absolute atomic E-state index is 0.0171. The van der Waals surface area contributed by atoms with Crippen LogP contribution in [0.2, 0.25) is 0 Å². The van der Waals surface area contributed by atoms with Crippen LogP contribution in [0, 0.1) is 5.92 Å². The number of hydrogen-bond acceptors (Lipinski definition) is 3. The summed E-state index contributed by atoms with van der Waals surface area (Å²) in [5.41, 5.74) is 6.29. The number of hydrazone groups is 1. The van der Waals surface area contributed by atoms with Gasteiger partial charge in [0.2, 0.25) is 5.91 Å². The fourth-order valence-electron chi connectivity index (χ4n) is 4.02. The fourth-order valence-corrected chi connectivity index (χ4v) is 4.02. The number of nitrogens with one attached hydrogen (secondary N) is 1. The topological polar surface area (TPSA) is 50.7 Å². The van der Waals surface area contributed by atoms with Crippen LogP contribution in [0.15, 0.2) is 65.8 Å². The molecule has 1 fully saturated rings. The highest BCUT2D eigenvalue weighted by molar-refractivity contribution is 6.02. The molecule has 1 amide bonds. The standard InChI is InChI=1S/C27H30N2O2/c1-5-31-25-15-12-18-8-6-7-9-21(18)24(25)17-28-29-26(30)23-16-22(23)19-10-13-20(14-11-19)27(2,3)4/h6-15,17,22-23H,5,16H2,1-4H3,(H,29,30)/b28-17+/t22-,23-/m0/s1. The number of fused-ring (bicyclic) bond motifs is 1. The number of ether oxygens (including phenoxy) is 1. The molecular formula is C27H30N2O2. The number of rotatable bonds is 6. The lowest BCUT2D eigenvalue weighted by molar-refractivity contribution is -0.122. The minimum Gasteiger partial charge on any atom is -0.493 e. The zero-order valence-electron chi connectivity index (χ0n) is 18.7. The van der Waals surface area contributed by atoms with Crippen molar-refractivity contribution >= 4 is 22.9 Å². The van der Waals surface area contributed by atoms with E-state index in [1.165, 1.54) is 11.1 Å². The second kappa shape index (κ2) is 8.54. The SMILES string of the molecule is CCOc1ccc2ccccc2c1/C=N/NC(=O)[C@H]1C[C@H]1c1ccc(C(C)(C)C)cc1. The molecule has 0 heterocycles. The van der Waals surface area contributed by atoms with E-state index in [9.17, 15) is 4.79 Å². The zero-order chi connectivity index (χ0) is 22.0. The van der Waals surface area contributed by atoms with Gasteiger partial charge in [0.15, 0.2) is 0 Å². The summed E-state index contributed by atoms with van der Waals surface area (Å²) in [7, 11) is 0. The van der Waals surface area contributed by atoms with E-state index < -0.39 is 0 Å². The summed E-state index contributed by atoms with van der Waals surface area (Å²) in [6.07, 6.45) is 2.56. The first-order valence-electron chi connectivity index (χ1n) is 11.0. The molecule has 31 heavy (non-hydrogen) atoms. The summed E-state index contributed by atoms with van der Waals surface area (Å²) >= 11 is 0. The van der Waals surface area contributed by atoms with Crippen LogP contribution in [0.5, 0.6) is 5.75 Å². The molecule has 4 heteroatoms. The number of amides is 1. The molecular weight excluding hydrogens is 384 g/mol. The summed E-state index contributed by atoms with van der Waals surface area (Å²) < 4.78 is 5.77. The highest BCUT2D eigenvalue weighted by Crippen LogP contribution is 2.47. The van der Waals surface area contributed by atoms with E-state index in [4.69, 9.17) is 4.74 Å². The molecule has 0 bridgehead atoms. The summed E-state index contributed by atoms with van der Waals surface area (Å²) in [5.74, 6) is 0.999. The van der Waals surface area contributed by atoms with Crippen molar-refractivity contribution in [2.24, 2.45) is 11.0 Å². The third kappa shape index (κ3) is 4.63. The quantitative estimate of drug-likeness (QED) is 0.410. The van der Waals surface area contributed by atoms with Gasteiger partial charge in [-0.05, 0) is 52.6 Å². The lowest BCUT2D eigenvalue weighted by Gasteiger charge is -2.19. The smallest absolute Gasteiger partial charge is 0.243 e. The highest BCUT2D eigenvalue weighted by atomic mass is 16.5. The molecule has 4 rings (SSSR count). The average Bonchev–Trinajstić information content (AvgIpc) is 3.56. The molecule has 1 aliphatic carbocycles. The van der Waals surface area contributed by atoms with Gasteiger partial charge in [0.05, 0.1) is 12.8 Å². The van der Waals surface area contributed by atoms with E-state index in [-0.39, 0.29) is 23.2 Å². The van der Waals surface area contributed by atoms with Crippen LogP contribution in [0.25, 0.3) is 10.8 Å². The van der Waals surface area contributed by atoms with Crippen LogP contribution in [-0.2, 0) is 10.2 Å². The van der Waals surface area contributed by atoms with Gasteiger partial charge in [0.25, 0.3) is 0 Å². The van der Waals surface area contributed by atoms with Crippen LogP contribution >= 0.6 is 0 Å². The van der Waals surface area contributed by atoms with Crippen LogP contribution in [0.4, 0.5) is 0 Å². The number of carbonyl (C=O) groups is 1. The van der Waals surface area contributed by atoms with Gasteiger partial charge in [0, 0.05) is 11.5 Å². The second-order valence-electron chi connectivity index (χ2n) is 9.19. The molecule has 0 saturated heterocycles. The Balaban J connectivity index is 1.44. The largest absolute Gasteiger partial charge is 0.493 e. The molecule has 0 spiro atoms. The van der Waals surface area contributed by atoms with Gasteiger partial charge >= 0.3 is 0 Å². The van der Waals surface area contributed by atoms with Crippen molar-refractivity contribution in [1.82, 2.24) is 5.43 Å². The normalized spacial score (nSPS) is 18.3. The third-order valence-corrected chi connectivity index (χ3v) is 5.93. The van der Waals surface area contributed by atoms with Crippen LogP contribution < -0.4 is 10.2 Å². The molecule has 1 saturated carbocycles. The summed E-state index contributed by atoms with van der Waals surface area (Å²) in [5, 5.41) is 6.43. The van der Waals surface area contributed by atoms with E-state index in [0.29, 0.717) is 6.61 Å². The van der Waals surface area contributed by atoms with Crippen molar-refractivity contribution in [3.63, 3.8) is 0 Å². The van der Waals surface area contributed by atoms with Crippen molar-refractivity contribution in [3.05, 3.63) is 77.4 Å². The molecule has 2 atom stereocenters. The van der Waals surface area contributed by atoms with E-state index >= 15 is 0 Å². The predicted octanol–water partition coefficient (Wildman–Crippen LogP) is 5.79. The molecule has 4 nitrogen and oxygen atoms in total. The predicted molar refractivity (Wildman–Crippen MR) is 127 cm³/mol. The first-order valence-corrected chi connectivity index (χ1v) is 11.0. The molecule has 0 aromatic heterocycles. The Labute approximate surface area is 184 Å². The summed E-state index contributed by atoms with van der Waals surface area (Å²) in [6, 6.07) is 20.8. The van der Waals surface area contributed by atoms with Crippen molar-refractivity contribution in [2.75, 3.05) is 6.61 Å². The van der Waals surface area contributed by atoms with E-state index in [2.05, 4.69) is 61.6 Å². The molecule has 0 unspecified atom stereocenters. The molecule has 160 valence electrons. The molecule has 1 N–H and O–H groups in total. The number of hydrogen-bond donors (Lipinski definition) is 1. The second-order valence-corrected chi connectivity index (χ2v) is 9.19. The van der Waals surface area contributed by atoms with Crippen molar-refractivity contribution < 1.29 is 9.53 Å². The Hall–Kier alpha value is -3.14. The van der Waals surface area contributed by atoms with E-state index in [0.717, 1.165) is 28.5 Å². The Morgan fingerprint density at radius 3 is 2.55 bits per heavy atom. The minimum atomic E-state index is -0.0284. The third-order valence-electron chi connectivity index (χ3n) is 5.93. The number of nitrogens with zero attached hydrogens (tertiary/aromatic N) is 1. The maximum Gasteiger partial charge on any atom is 0.243 e. The molecule has 1 aliphatic rings. The number of benzene rings is 3. The average molecular weight is 415 g/mol. The molecule has 0 radical (unpaired) electrons. The first kappa shape index (κ1) is 21.1. The van der Waals surface area contributed by atoms with Crippen molar-refractivity contribution in [1.29, 1.82) is 0 Å². The zero-order valence-corrected chi connectivity index (χ0v) is 18.7. The summed E-state index contributed by atoms with van der Waals surface area (Å²) in [4.78, 5) is 12.6. The van der Waals surface area contributed by atoms with Gasteiger partial charge in [-0.25, -0.2) is 5.43 Å². The van der Waals surface area contributed by atoms with Gasteiger partial charge in [-0.3, -0.25) is 4.79 Å². The first-order chi connectivity index (χ1) is 14.9. The molecule has 3 aromatic carbocycles. The van der Waals surface area contributed by atoms with Crippen molar-refractivity contribution in [3.8, 4) is 5.75 Å². The van der Waals surface area contributed by atoms with Gasteiger partial charge in [0.1, 0.15) is 5.75 Å². The molecule has 3 aromatic rings. The van der Waals surface area contributed by atoms with Gasteiger partial charge in [-0.15, -0.1) is 0 Å². The Morgan fingerprint density at radius 1 is 1.10 bits per heavy atom. The van der Waals surface area contributed by atoms with Crippen LogP contribution in [0.1, 0.15) is 56.7 Å². The van der Waals surface area contributed by atoms with Crippen LogP contribution in [0.3, 0.4) is 0 Å². The monoisotopic (exact) mass is 414 g/mol. The van der Waals surface area contributed by atoms with Crippen molar-refractivity contribution in [2.45, 2.75) is 45.4 Å². The number of carbonyl (C=O) groups excluding carboxylic acids is 1.